The normalized spacial score (nSPS) is 10.6. The molecule has 0 fully saturated rings. The Bertz CT molecular complexity index is 655. The Hall–Kier alpha value is -1.82. The molecular weight excluding hydrogens is 358 g/mol. The zero-order valence-electron chi connectivity index (χ0n) is 13.5. The van der Waals surface area contributed by atoms with E-state index in [2.05, 4.69) is 33.3 Å². The first-order valence-electron chi connectivity index (χ1n) is 7.78. The van der Waals surface area contributed by atoms with Crippen LogP contribution in [-0.2, 0) is 17.8 Å². The number of carbonyl (C=O) groups excluding carboxylic acids is 1. The smallest absolute Gasteiger partial charge is 0.225 e. The molecule has 0 aliphatic heterocycles. The van der Waals surface area contributed by atoms with Gasteiger partial charge in [0.1, 0.15) is 11.6 Å². The van der Waals surface area contributed by atoms with E-state index in [1.54, 1.807) is 13.3 Å². The van der Waals surface area contributed by atoms with Crippen LogP contribution in [0.5, 0.6) is 5.75 Å². The van der Waals surface area contributed by atoms with Gasteiger partial charge in [-0.3, -0.25) is 4.79 Å². The molecule has 2 aromatic rings. The van der Waals surface area contributed by atoms with Gasteiger partial charge in [-0.25, -0.2) is 4.68 Å². The average molecular weight is 380 g/mol. The van der Waals surface area contributed by atoms with E-state index in [-0.39, 0.29) is 5.91 Å². The summed E-state index contributed by atoms with van der Waals surface area (Å²) in [6, 6.07) is 7.69. The highest BCUT2D eigenvalue weighted by molar-refractivity contribution is 9.10. The quantitative estimate of drug-likeness (QED) is 0.753. The Morgan fingerprint density at radius 1 is 1.39 bits per heavy atom. The number of anilines is 1. The maximum atomic E-state index is 12.1. The molecule has 1 aromatic heterocycles. The summed E-state index contributed by atoms with van der Waals surface area (Å²) in [6.07, 6.45) is 4.96. The molecule has 1 amide bonds. The summed E-state index contributed by atoms with van der Waals surface area (Å²) in [4.78, 5) is 12.1. The lowest BCUT2D eigenvalue weighted by Crippen LogP contribution is -2.16. The second kappa shape index (κ2) is 8.72. The van der Waals surface area contributed by atoms with Crippen molar-refractivity contribution in [1.29, 1.82) is 0 Å². The average Bonchev–Trinajstić information content (AvgIpc) is 2.98. The lowest BCUT2D eigenvalue weighted by molar-refractivity contribution is -0.116. The van der Waals surface area contributed by atoms with Crippen molar-refractivity contribution in [1.82, 2.24) is 9.78 Å². The van der Waals surface area contributed by atoms with Crippen LogP contribution in [0.4, 0.5) is 5.82 Å². The molecule has 6 heteroatoms. The molecule has 23 heavy (non-hydrogen) atoms. The van der Waals surface area contributed by atoms with Crippen LogP contribution in [0.2, 0.25) is 0 Å². The number of ether oxygens (including phenoxy) is 1. The summed E-state index contributed by atoms with van der Waals surface area (Å²) in [5.41, 5.74) is 1.09. The van der Waals surface area contributed by atoms with Crippen LogP contribution in [0.25, 0.3) is 0 Å². The van der Waals surface area contributed by atoms with Gasteiger partial charge in [-0.05, 0) is 46.5 Å². The van der Waals surface area contributed by atoms with E-state index in [0.717, 1.165) is 41.0 Å². The van der Waals surface area contributed by atoms with Crippen LogP contribution < -0.4 is 10.1 Å². The molecule has 124 valence electrons. The molecule has 0 bridgehead atoms. The summed E-state index contributed by atoms with van der Waals surface area (Å²) in [7, 11) is 1.63. The Morgan fingerprint density at radius 3 is 2.91 bits per heavy atom. The number of hydrogen-bond acceptors (Lipinski definition) is 3. The summed E-state index contributed by atoms with van der Waals surface area (Å²) in [6.45, 7) is 2.96. The molecule has 0 radical (unpaired) electrons. The number of hydrogen-bond donors (Lipinski definition) is 1. The molecule has 0 unspecified atom stereocenters. The van der Waals surface area contributed by atoms with Crippen molar-refractivity contribution in [3.63, 3.8) is 0 Å². The third-order valence-corrected chi connectivity index (χ3v) is 4.18. The number of amides is 1. The maximum Gasteiger partial charge on any atom is 0.225 e. The van der Waals surface area contributed by atoms with Gasteiger partial charge in [-0.2, -0.15) is 5.10 Å². The van der Waals surface area contributed by atoms with Crippen molar-refractivity contribution < 1.29 is 9.53 Å². The molecule has 1 N–H and O–H groups in total. The van der Waals surface area contributed by atoms with Crippen LogP contribution in [0, 0.1) is 0 Å². The number of rotatable bonds is 8. The number of unbranched alkanes of at least 4 members (excludes halogenated alkanes) is 1. The Morgan fingerprint density at radius 2 is 2.22 bits per heavy atom. The molecule has 2 rings (SSSR count). The largest absolute Gasteiger partial charge is 0.496 e. The Kier molecular flexibility index (Phi) is 6.65. The molecule has 1 aromatic carbocycles. The number of aryl methyl sites for hydroxylation is 2. The lowest BCUT2D eigenvalue weighted by atomic mass is 10.1. The topological polar surface area (TPSA) is 56.2 Å². The molecular formula is C17H22BrN3O2. The monoisotopic (exact) mass is 379 g/mol. The van der Waals surface area contributed by atoms with Crippen LogP contribution in [-0.4, -0.2) is 22.8 Å². The summed E-state index contributed by atoms with van der Waals surface area (Å²) in [5.74, 6) is 1.55. The van der Waals surface area contributed by atoms with Crippen LogP contribution in [0.3, 0.4) is 0 Å². The number of carbonyl (C=O) groups is 1. The standard InChI is InChI=1S/C17H22BrN3O2/c1-3-4-11-21-16(9-10-19-21)20-17(22)8-6-13-5-7-15(23-2)14(18)12-13/h5,7,9-10,12H,3-4,6,8,11H2,1-2H3,(H,20,22). The first kappa shape index (κ1) is 17.5. The number of aromatic nitrogens is 2. The molecule has 0 saturated carbocycles. The third kappa shape index (κ3) is 5.10. The van der Waals surface area contributed by atoms with Gasteiger partial charge >= 0.3 is 0 Å². The zero-order chi connectivity index (χ0) is 16.7. The Balaban J connectivity index is 1.88. The van der Waals surface area contributed by atoms with Crippen molar-refractivity contribution in [3.8, 4) is 5.75 Å². The highest BCUT2D eigenvalue weighted by atomic mass is 79.9. The summed E-state index contributed by atoms with van der Waals surface area (Å²) < 4.78 is 7.94. The van der Waals surface area contributed by atoms with Gasteiger partial charge in [0.15, 0.2) is 0 Å². The number of nitrogens with one attached hydrogen (secondary N) is 1. The maximum absolute atomic E-state index is 12.1. The fraction of sp³-hybridized carbons (Fsp3) is 0.412. The van der Waals surface area contributed by atoms with Crippen molar-refractivity contribution in [2.75, 3.05) is 12.4 Å². The van der Waals surface area contributed by atoms with Crippen molar-refractivity contribution in [2.45, 2.75) is 39.2 Å². The predicted octanol–water partition coefficient (Wildman–Crippen LogP) is 4.03. The lowest BCUT2D eigenvalue weighted by Gasteiger charge is -2.09. The molecule has 0 saturated heterocycles. The third-order valence-electron chi connectivity index (χ3n) is 3.56. The van der Waals surface area contributed by atoms with Crippen molar-refractivity contribution in [2.24, 2.45) is 0 Å². The van der Waals surface area contributed by atoms with Gasteiger partial charge < -0.3 is 10.1 Å². The van der Waals surface area contributed by atoms with Gasteiger partial charge in [-0.15, -0.1) is 0 Å². The number of nitrogens with zero attached hydrogens (tertiary/aromatic N) is 2. The van der Waals surface area contributed by atoms with Gasteiger partial charge in [0.25, 0.3) is 0 Å². The minimum Gasteiger partial charge on any atom is -0.496 e. The van der Waals surface area contributed by atoms with E-state index >= 15 is 0 Å². The minimum absolute atomic E-state index is 0.00445. The first-order chi connectivity index (χ1) is 11.1. The fourth-order valence-corrected chi connectivity index (χ4v) is 2.84. The van der Waals surface area contributed by atoms with E-state index in [1.807, 2.05) is 28.9 Å². The fourth-order valence-electron chi connectivity index (χ4n) is 2.25. The molecule has 1 heterocycles. The van der Waals surface area contributed by atoms with E-state index in [1.165, 1.54) is 0 Å². The van der Waals surface area contributed by atoms with Gasteiger partial charge in [0.2, 0.25) is 5.91 Å². The van der Waals surface area contributed by atoms with Crippen molar-refractivity contribution >= 4 is 27.7 Å². The minimum atomic E-state index is -0.00445. The number of methoxy groups -OCH3 is 1. The molecule has 0 aliphatic carbocycles. The second-order valence-corrected chi connectivity index (χ2v) is 6.16. The number of halogens is 1. The highest BCUT2D eigenvalue weighted by Gasteiger charge is 2.08. The molecule has 0 atom stereocenters. The highest BCUT2D eigenvalue weighted by Crippen LogP contribution is 2.26. The molecule has 0 aliphatic rings. The van der Waals surface area contributed by atoms with E-state index in [4.69, 9.17) is 4.74 Å². The van der Waals surface area contributed by atoms with Gasteiger partial charge in [0, 0.05) is 19.0 Å². The summed E-state index contributed by atoms with van der Waals surface area (Å²) in [5, 5.41) is 7.17. The second-order valence-electron chi connectivity index (χ2n) is 5.31. The van der Waals surface area contributed by atoms with Crippen molar-refractivity contribution in [3.05, 3.63) is 40.5 Å². The van der Waals surface area contributed by atoms with Crippen LogP contribution >= 0.6 is 15.9 Å². The Labute approximate surface area is 145 Å². The zero-order valence-corrected chi connectivity index (χ0v) is 15.1. The predicted molar refractivity (Wildman–Crippen MR) is 94.8 cm³/mol. The van der Waals surface area contributed by atoms with Gasteiger partial charge in [0.05, 0.1) is 17.8 Å². The van der Waals surface area contributed by atoms with Crippen LogP contribution in [0.1, 0.15) is 31.7 Å². The van der Waals surface area contributed by atoms with Gasteiger partial charge in [-0.1, -0.05) is 19.4 Å². The van der Waals surface area contributed by atoms with E-state index < -0.39 is 0 Å². The van der Waals surface area contributed by atoms with Crippen LogP contribution in [0.15, 0.2) is 34.9 Å². The molecule has 5 nitrogen and oxygen atoms in total. The SMILES string of the molecule is CCCCn1nccc1NC(=O)CCc1ccc(OC)c(Br)c1. The first-order valence-corrected chi connectivity index (χ1v) is 8.57. The number of benzene rings is 1. The van der Waals surface area contributed by atoms with E-state index in [9.17, 15) is 4.79 Å². The van der Waals surface area contributed by atoms with E-state index in [0.29, 0.717) is 12.8 Å². The summed E-state index contributed by atoms with van der Waals surface area (Å²) >= 11 is 3.46. The molecule has 0 spiro atoms.